The summed E-state index contributed by atoms with van der Waals surface area (Å²) >= 11 is 0. The van der Waals surface area contributed by atoms with Crippen LogP contribution in [-0.4, -0.2) is 54.0 Å². The van der Waals surface area contributed by atoms with Crippen molar-refractivity contribution in [3.05, 3.63) is 59.8 Å². The van der Waals surface area contributed by atoms with Crippen LogP contribution in [-0.2, 0) is 16.4 Å². The standard InChI is InChI=1S/C31H36F3N5O4S/c1-29(2)19-22-7-4-3-6-21-8-5-9-23(18-21)44(41,42)37-28(40)24-10-11-25(35-27(24)38(29)20-22)39-16-12-26(36-39)43-17-15-30(13-14-30)31(32,33)34/h5,8-12,16,18,22H,3-4,6-7,13-15,17,19-20H2,1-2H3,(H,37,40)/t22-/m1/s1. The van der Waals surface area contributed by atoms with Crippen molar-refractivity contribution < 1.29 is 31.1 Å². The molecule has 0 unspecified atom stereocenters. The molecule has 0 radical (unpaired) electrons. The quantitative estimate of drug-likeness (QED) is 0.378. The second-order valence-corrected chi connectivity index (χ2v) is 14.5. The Hall–Kier alpha value is -3.61. The first kappa shape index (κ1) is 30.4. The molecule has 3 aliphatic rings. The predicted octanol–water partition coefficient (Wildman–Crippen LogP) is 5.83. The van der Waals surface area contributed by atoms with Crippen LogP contribution in [0, 0.1) is 11.3 Å². The maximum absolute atomic E-state index is 13.6. The van der Waals surface area contributed by atoms with Crippen LogP contribution in [0.5, 0.6) is 5.88 Å². The second kappa shape index (κ2) is 11.1. The average molecular weight is 632 g/mol. The normalized spacial score (nSPS) is 22.3. The lowest BCUT2D eigenvalue weighted by molar-refractivity contribution is -0.190. The van der Waals surface area contributed by atoms with Gasteiger partial charge in [-0.3, -0.25) is 4.79 Å². The number of hydrogen-bond donors (Lipinski definition) is 1. The molecule has 1 N–H and O–H groups in total. The minimum Gasteiger partial charge on any atom is -0.477 e. The maximum Gasteiger partial charge on any atom is 0.394 e. The van der Waals surface area contributed by atoms with E-state index in [0.29, 0.717) is 24.1 Å². The summed E-state index contributed by atoms with van der Waals surface area (Å²) in [7, 11) is -4.15. The van der Waals surface area contributed by atoms with E-state index in [9.17, 15) is 26.4 Å². The fraction of sp³-hybridized carbons (Fsp3) is 0.516. The van der Waals surface area contributed by atoms with Crippen molar-refractivity contribution in [2.75, 3.05) is 18.1 Å². The Morgan fingerprint density at radius 2 is 1.91 bits per heavy atom. The van der Waals surface area contributed by atoms with Crippen LogP contribution in [0.1, 0.15) is 74.7 Å². The average Bonchev–Trinajstić information content (AvgIpc) is 3.51. The number of amides is 1. The van der Waals surface area contributed by atoms with E-state index in [1.807, 2.05) is 6.07 Å². The van der Waals surface area contributed by atoms with Crippen molar-refractivity contribution >= 4 is 21.7 Å². The number of nitrogens with one attached hydrogen (secondary N) is 1. The molecule has 13 heteroatoms. The second-order valence-electron chi connectivity index (χ2n) is 12.8. The molecule has 2 fully saturated rings. The summed E-state index contributed by atoms with van der Waals surface area (Å²) in [6.07, 6.45) is 1.98. The molecule has 44 heavy (non-hydrogen) atoms. The van der Waals surface area contributed by atoms with Gasteiger partial charge in [0.25, 0.3) is 15.9 Å². The first-order valence-corrected chi connectivity index (χ1v) is 16.5. The van der Waals surface area contributed by atoms with Crippen LogP contribution >= 0.6 is 0 Å². The van der Waals surface area contributed by atoms with Gasteiger partial charge in [0.2, 0.25) is 5.88 Å². The third-order valence-electron chi connectivity index (χ3n) is 9.17. The number of hydrogen-bond acceptors (Lipinski definition) is 7. The van der Waals surface area contributed by atoms with Crippen LogP contribution in [0.4, 0.5) is 19.0 Å². The monoisotopic (exact) mass is 631 g/mol. The van der Waals surface area contributed by atoms with Gasteiger partial charge in [-0.1, -0.05) is 18.6 Å². The van der Waals surface area contributed by atoms with Crippen molar-refractivity contribution in [2.24, 2.45) is 11.3 Å². The number of pyridine rings is 1. The molecule has 1 saturated carbocycles. The highest BCUT2D eigenvalue weighted by atomic mass is 32.2. The Morgan fingerprint density at radius 3 is 2.66 bits per heavy atom. The SMILES string of the molecule is CC1(C)C[C@H]2CCCCc3cccc(c3)S(=O)(=O)NC(=O)c3ccc(-n4ccc(OCCC5(C(F)(F)F)CC5)n4)nc3N1C2. The summed E-state index contributed by atoms with van der Waals surface area (Å²) in [5.41, 5.74) is -0.995. The van der Waals surface area contributed by atoms with E-state index in [-0.39, 0.29) is 47.7 Å². The lowest BCUT2D eigenvalue weighted by Gasteiger charge is -2.34. The van der Waals surface area contributed by atoms with Crippen molar-refractivity contribution in [3.8, 4) is 11.7 Å². The van der Waals surface area contributed by atoms with Gasteiger partial charge in [-0.15, -0.1) is 5.10 Å². The van der Waals surface area contributed by atoms with E-state index < -0.39 is 27.5 Å². The highest BCUT2D eigenvalue weighted by Gasteiger charge is 2.62. The molecule has 4 heterocycles. The predicted molar refractivity (Wildman–Crippen MR) is 157 cm³/mol. The molecule has 9 nitrogen and oxygen atoms in total. The highest BCUT2D eigenvalue weighted by molar-refractivity contribution is 7.90. The summed E-state index contributed by atoms with van der Waals surface area (Å²) in [5, 5.41) is 4.36. The summed E-state index contributed by atoms with van der Waals surface area (Å²) in [6, 6.07) is 11.3. The van der Waals surface area contributed by atoms with Crippen LogP contribution in [0.15, 0.2) is 53.6 Å². The minimum atomic E-state index is -4.24. The number of alkyl halides is 3. The molecule has 2 aliphatic heterocycles. The van der Waals surface area contributed by atoms with Gasteiger partial charge in [0.1, 0.15) is 5.82 Å². The van der Waals surface area contributed by atoms with Crippen LogP contribution < -0.4 is 14.4 Å². The van der Waals surface area contributed by atoms with E-state index in [1.165, 1.54) is 16.8 Å². The third-order valence-corrected chi connectivity index (χ3v) is 10.5. The molecule has 0 spiro atoms. The minimum absolute atomic E-state index is 0.0263. The molecular weight excluding hydrogens is 595 g/mol. The van der Waals surface area contributed by atoms with Gasteiger partial charge in [-0.25, -0.2) is 22.8 Å². The molecule has 1 aliphatic carbocycles. The molecule has 236 valence electrons. The smallest absolute Gasteiger partial charge is 0.394 e. The van der Waals surface area contributed by atoms with Gasteiger partial charge < -0.3 is 9.64 Å². The number of halogens is 3. The van der Waals surface area contributed by atoms with Gasteiger partial charge in [0.15, 0.2) is 5.82 Å². The zero-order valence-electron chi connectivity index (χ0n) is 24.7. The van der Waals surface area contributed by atoms with Crippen LogP contribution in [0.3, 0.4) is 0 Å². The summed E-state index contributed by atoms with van der Waals surface area (Å²) in [5.74, 6) is 0.427. The van der Waals surface area contributed by atoms with E-state index in [0.717, 1.165) is 37.7 Å². The molecule has 1 amide bonds. The number of ether oxygens (including phenoxy) is 1. The summed E-state index contributed by atoms with van der Waals surface area (Å²) < 4.78 is 75.5. The van der Waals surface area contributed by atoms with Crippen LogP contribution in [0.25, 0.3) is 5.82 Å². The molecule has 1 saturated heterocycles. The molecule has 1 aromatic carbocycles. The lowest BCUT2D eigenvalue weighted by atomic mass is 9.92. The van der Waals surface area contributed by atoms with Crippen LogP contribution in [0.2, 0.25) is 0 Å². The Kier molecular flexibility index (Phi) is 7.66. The van der Waals surface area contributed by atoms with Gasteiger partial charge in [0, 0.05) is 24.3 Å². The van der Waals surface area contributed by atoms with Crippen molar-refractivity contribution in [3.63, 3.8) is 0 Å². The Bertz CT molecular complexity index is 1670. The first-order chi connectivity index (χ1) is 20.8. The molecular formula is C31H36F3N5O4S. The molecule has 4 bridgehead atoms. The molecule has 6 rings (SSSR count). The van der Waals surface area contributed by atoms with Crippen molar-refractivity contribution in [1.82, 2.24) is 19.5 Å². The number of aromatic nitrogens is 3. The third kappa shape index (κ3) is 6.02. The van der Waals surface area contributed by atoms with E-state index >= 15 is 0 Å². The fourth-order valence-corrected chi connectivity index (χ4v) is 7.49. The lowest BCUT2D eigenvalue weighted by Crippen LogP contribution is -2.41. The van der Waals surface area contributed by atoms with Gasteiger partial charge in [0.05, 0.1) is 22.5 Å². The Morgan fingerprint density at radius 1 is 1.11 bits per heavy atom. The number of carbonyl (C=O) groups is 1. The molecule has 1 atom stereocenters. The zero-order chi connectivity index (χ0) is 31.3. The Labute approximate surface area is 254 Å². The van der Waals surface area contributed by atoms with Gasteiger partial charge in [-0.05, 0) is 94.5 Å². The largest absolute Gasteiger partial charge is 0.477 e. The molecule has 3 aromatic rings. The number of fused-ring (bicyclic) bond motifs is 6. The maximum atomic E-state index is 13.6. The van der Waals surface area contributed by atoms with E-state index in [1.54, 1.807) is 30.5 Å². The number of carbonyl (C=O) groups excluding carboxylic acids is 1. The van der Waals surface area contributed by atoms with E-state index in [2.05, 4.69) is 28.6 Å². The van der Waals surface area contributed by atoms with Gasteiger partial charge in [-0.2, -0.15) is 13.2 Å². The number of nitrogens with zero attached hydrogens (tertiary/aromatic N) is 4. The number of anilines is 1. The highest BCUT2D eigenvalue weighted by Crippen LogP contribution is 2.59. The van der Waals surface area contributed by atoms with Crippen molar-refractivity contribution in [1.29, 1.82) is 0 Å². The van der Waals surface area contributed by atoms with E-state index in [4.69, 9.17) is 9.72 Å². The summed E-state index contributed by atoms with van der Waals surface area (Å²) in [4.78, 5) is 20.5. The topological polar surface area (TPSA) is 106 Å². The number of aryl methyl sites for hydroxylation is 1. The Balaban J connectivity index is 1.30. The zero-order valence-corrected chi connectivity index (χ0v) is 25.5. The van der Waals surface area contributed by atoms with Gasteiger partial charge >= 0.3 is 6.18 Å². The van der Waals surface area contributed by atoms with Crippen molar-refractivity contribution in [2.45, 2.75) is 81.8 Å². The fourth-order valence-electron chi connectivity index (χ4n) is 6.46. The number of benzene rings is 1. The summed E-state index contributed by atoms with van der Waals surface area (Å²) in [6.45, 7) is 4.70. The molecule has 2 aromatic heterocycles. The first-order valence-electron chi connectivity index (χ1n) is 15.0. The number of rotatable bonds is 5. The number of sulfonamides is 1.